The number of allylic oxidation sites excluding steroid dienone is 1. The van der Waals surface area contributed by atoms with Gasteiger partial charge in [-0.25, -0.2) is 0 Å². The average Bonchev–Trinajstić information content (AvgIpc) is 3.39. The van der Waals surface area contributed by atoms with Crippen molar-refractivity contribution in [2.24, 2.45) is 4.99 Å². The molecule has 2 atom stereocenters. The smallest absolute Gasteiger partial charge is 0.227 e. The number of quaternary nitrogens is 1. The van der Waals surface area contributed by atoms with Gasteiger partial charge in [0.25, 0.3) is 0 Å². The van der Waals surface area contributed by atoms with Crippen molar-refractivity contribution in [2.75, 3.05) is 27.0 Å². The predicted octanol–water partition coefficient (Wildman–Crippen LogP) is 3.11. The third-order valence-electron chi connectivity index (χ3n) is 6.30. The van der Waals surface area contributed by atoms with Crippen LogP contribution in [0.4, 0.5) is 0 Å². The Morgan fingerprint density at radius 2 is 2.09 bits per heavy atom. The second-order valence-electron chi connectivity index (χ2n) is 9.20. The highest BCUT2D eigenvalue weighted by molar-refractivity contribution is 6.07. The Kier molecular flexibility index (Phi) is 10.3. The highest BCUT2D eigenvalue weighted by atomic mass is 16.5. The first-order valence-corrected chi connectivity index (χ1v) is 12.5. The Hall–Kier alpha value is -2.48. The number of fused-ring (bicyclic) bond motifs is 1. The molecule has 0 spiro atoms. The van der Waals surface area contributed by atoms with Gasteiger partial charge >= 0.3 is 0 Å². The lowest BCUT2D eigenvalue weighted by atomic mass is 10.0. The van der Waals surface area contributed by atoms with Gasteiger partial charge in [-0.05, 0) is 49.0 Å². The molecule has 2 heterocycles. The number of phenolic OH excluding ortho intramolecular Hbond substituents is 1. The number of aryl methyl sites for hydroxylation is 1. The molecule has 3 N–H and O–H groups in total. The standard InChI is InChI=1S/C27H38N2O5/c1-3-4-5-8-22(30)15-23(31)11-9-20-10-12-26(32)27(14-20)34-19-29-17-24-21(7-6-13-33-2)16-28-25(24)18-29/h10,12,14,16-17,22,30,32H,3-9,11,13,15,18-19H2,1-2H3/p+1/t22-/m1/s1. The van der Waals surface area contributed by atoms with E-state index in [4.69, 9.17) is 9.47 Å². The molecule has 0 bridgehead atoms. The number of ketones is 1. The second kappa shape index (κ2) is 13.4. The van der Waals surface area contributed by atoms with Crippen LogP contribution in [0.1, 0.15) is 63.9 Å². The summed E-state index contributed by atoms with van der Waals surface area (Å²) in [5.74, 6) is 0.574. The number of rotatable bonds is 16. The largest absolute Gasteiger partial charge is 0.504 e. The van der Waals surface area contributed by atoms with Crippen molar-refractivity contribution < 1.29 is 29.4 Å². The van der Waals surface area contributed by atoms with Gasteiger partial charge in [0.05, 0.1) is 11.7 Å². The normalized spacial score (nSPS) is 17.7. The topological polar surface area (TPSA) is 92.8 Å². The number of hydrogen-bond donors (Lipinski definition) is 3. The number of nitrogens with zero attached hydrogens (tertiary/aromatic N) is 1. The highest BCUT2D eigenvalue weighted by Gasteiger charge is 2.30. The van der Waals surface area contributed by atoms with Gasteiger partial charge < -0.3 is 19.7 Å². The van der Waals surface area contributed by atoms with Crippen LogP contribution in [0.15, 0.2) is 46.7 Å². The summed E-state index contributed by atoms with van der Waals surface area (Å²) in [5.41, 5.74) is 4.45. The molecule has 1 aromatic rings. The molecule has 0 aromatic heterocycles. The average molecular weight is 472 g/mol. The number of ether oxygens (including phenoxy) is 2. The Morgan fingerprint density at radius 3 is 2.88 bits per heavy atom. The molecule has 0 saturated carbocycles. The first-order chi connectivity index (χ1) is 16.5. The summed E-state index contributed by atoms with van der Waals surface area (Å²) in [7, 11) is 1.71. The van der Waals surface area contributed by atoms with Gasteiger partial charge in [0, 0.05) is 32.8 Å². The van der Waals surface area contributed by atoms with Crippen LogP contribution in [0.25, 0.3) is 0 Å². The molecule has 0 amide bonds. The van der Waals surface area contributed by atoms with Crippen molar-refractivity contribution in [3.63, 3.8) is 0 Å². The van der Waals surface area contributed by atoms with Crippen LogP contribution in [0, 0.1) is 0 Å². The van der Waals surface area contributed by atoms with Gasteiger partial charge in [-0.1, -0.05) is 32.3 Å². The van der Waals surface area contributed by atoms with E-state index in [0.29, 0.717) is 31.7 Å². The Morgan fingerprint density at radius 1 is 1.24 bits per heavy atom. The van der Waals surface area contributed by atoms with Crippen LogP contribution in [0.3, 0.4) is 0 Å². The van der Waals surface area contributed by atoms with Crippen LogP contribution >= 0.6 is 0 Å². The van der Waals surface area contributed by atoms with E-state index in [0.717, 1.165) is 61.4 Å². The molecular weight excluding hydrogens is 432 g/mol. The number of methoxy groups -OCH3 is 1. The molecular formula is C27H39N2O5+. The van der Waals surface area contributed by atoms with Crippen molar-refractivity contribution in [3.05, 3.63) is 47.3 Å². The number of nitrogens with one attached hydrogen (secondary N) is 1. The lowest BCUT2D eigenvalue weighted by molar-refractivity contribution is -0.851. The van der Waals surface area contributed by atoms with Crippen LogP contribution < -0.4 is 9.64 Å². The fourth-order valence-electron chi connectivity index (χ4n) is 4.35. The number of benzene rings is 1. The van der Waals surface area contributed by atoms with Crippen LogP contribution in [0.5, 0.6) is 11.5 Å². The SMILES string of the molecule is CCCCC[C@@H](O)CC(=O)CCc1ccc(O)c(OC[NH+]2C=C3C(CCCOC)=CN=C3C2)c1. The fraction of sp³-hybridized carbons (Fsp3) is 0.556. The second-order valence-corrected chi connectivity index (χ2v) is 9.20. The maximum Gasteiger partial charge on any atom is 0.227 e. The van der Waals surface area contributed by atoms with Crippen molar-refractivity contribution in [3.8, 4) is 11.5 Å². The molecule has 2 aliphatic rings. The van der Waals surface area contributed by atoms with E-state index >= 15 is 0 Å². The van der Waals surface area contributed by atoms with Crippen molar-refractivity contribution in [1.82, 2.24) is 0 Å². The summed E-state index contributed by atoms with van der Waals surface area (Å²) in [6.07, 6.45) is 10.4. The monoisotopic (exact) mass is 471 g/mol. The van der Waals surface area contributed by atoms with E-state index in [1.54, 1.807) is 19.2 Å². The Bertz CT molecular complexity index is 922. The summed E-state index contributed by atoms with van der Waals surface area (Å²) in [6, 6.07) is 5.23. The third-order valence-corrected chi connectivity index (χ3v) is 6.30. The number of Topliss-reactive ketones (excluding diaryl/α,β-unsaturated/α-hetero) is 1. The lowest BCUT2D eigenvalue weighted by Gasteiger charge is -2.13. The molecule has 0 aliphatic carbocycles. The predicted molar refractivity (Wildman–Crippen MR) is 132 cm³/mol. The van der Waals surface area contributed by atoms with Crippen LogP contribution in [-0.4, -0.2) is 54.8 Å². The van der Waals surface area contributed by atoms with Crippen molar-refractivity contribution >= 4 is 11.5 Å². The number of aliphatic hydroxyl groups is 1. The van der Waals surface area contributed by atoms with Crippen LogP contribution in [-0.2, 0) is 16.0 Å². The molecule has 1 aromatic carbocycles. The van der Waals surface area contributed by atoms with E-state index in [-0.39, 0.29) is 18.0 Å². The van der Waals surface area contributed by atoms with Gasteiger partial charge in [-0.2, -0.15) is 0 Å². The summed E-state index contributed by atoms with van der Waals surface area (Å²) < 4.78 is 11.1. The maximum absolute atomic E-state index is 12.2. The third kappa shape index (κ3) is 7.79. The minimum atomic E-state index is -0.547. The Labute approximate surface area is 202 Å². The molecule has 0 fully saturated rings. The maximum atomic E-state index is 12.2. The summed E-state index contributed by atoms with van der Waals surface area (Å²) in [4.78, 5) is 17.9. The van der Waals surface area contributed by atoms with E-state index in [9.17, 15) is 15.0 Å². The molecule has 3 rings (SSSR count). The van der Waals surface area contributed by atoms with E-state index in [2.05, 4.69) is 18.1 Å². The van der Waals surface area contributed by atoms with E-state index in [1.807, 2.05) is 12.3 Å². The van der Waals surface area contributed by atoms with Gasteiger partial charge in [0.2, 0.25) is 6.73 Å². The molecule has 186 valence electrons. The number of phenols is 1. The van der Waals surface area contributed by atoms with Crippen molar-refractivity contribution in [2.45, 2.75) is 70.8 Å². The Balaban J connectivity index is 1.46. The summed E-state index contributed by atoms with van der Waals surface area (Å²) >= 11 is 0. The summed E-state index contributed by atoms with van der Waals surface area (Å²) in [5, 5.41) is 20.3. The van der Waals surface area contributed by atoms with Gasteiger partial charge in [-0.3, -0.25) is 14.7 Å². The molecule has 7 heteroatoms. The van der Waals surface area contributed by atoms with Crippen molar-refractivity contribution in [1.29, 1.82) is 0 Å². The highest BCUT2D eigenvalue weighted by Crippen LogP contribution is 2.28. The first-order valence-electron chi connectivity index (χ1n) is 12.5. The number of carbonyl (C=O) groups excluding carboxylic acids is 1. The minimum Gasteiger partial charge on any atom is -0.504 e. The molecule has 2 aliphatic heterocycles. The number of carbonyl (C=O) groups is 1. The van der Waals surface area contributed by atoms with Crippen LogP contribution in [0.2, 0.25) is 0 Å². The number of unbranched alkanes of at least 4 members (excludes halogenated alkanes) is 2. The number of aliphatic hydroxyl groups excluding tert-OH is 1. The summed E-state index contributed by atoms with van der Waals surface area (Å²) in [6.45, 7) is 4.00. The zero-order chi connectivity index (χ0) is 24.3. The number of aromatic hydroxyl groups is 1. The van der Waals surface area contributed by atoms with Gasteiger partial charge in [-0.15, -0.1) is 0 Å². The molecule has 34 heavy (non-hydrogen) atoms. The lowest BCUT2D eigenvalue weighted by Crippen LogP contribution is -3.07. The number of hydrogen-bond acceptors (Lipinski definition) is 6. The molecule has 7 nitrogen and oxygen atoms in total. The molecule has 0 radical (unpaired) electrons. The molecule has 0 saturated heterocycles. The number of aliphatic imine (C=N–C) groups is 1. The van der Waals surface area contributed by atoms with E-state index in [1.165, 1.54) is 11.1 Å². The van der Waals surface area contributed by atoms with E-state index < -0.39 is 6.10 Å². The van der Waals surface area contributed by atoms with Gasteiger partial charge in [0.1, 0.15) is 24.2 Å². The fourth-order valence-corrected chi connectivity index (χ4v) is 4.35. The molecule has 1 unspecified atom stereocenters. The minimum absolute atomic E-state index is 0.0642. The van der Waals surface area contributed by atoms with Gasteiger partial charge in [0.15, 0.2) is 11.5 Å². The first kappa shape index (κ1) is 26.1. The zero-order valence-corrected chi connectivity index (χ0v) is 20.5. The zero-order valence-electron chi connectivity index (χ0n) is 20.5. The quantitative estimate of drug-likeness (QED) is 0.322.